The summed E-state index contributed by atoms with van der Waals surface area (Å²) in [5.74, 6) is -0.244. The zero-order chi connectivity index (χ0) is 17.1. The second-order valence-corrected chi connectivity index (χ2v) is 6.67. The first-order chi connectivity index (χ1) is 10.6. The molecule has 0 heterocycles. The first-order valence-corrected chi connectivity index (χ1v) is 8.34. The van der Waals surface area contributed by atoms with E-state index in [4.69, 9.17) is 5.14 Å². The van der Waals surface area contributed by atoms with Crippen molar-refractivity contribution < 1.29 is 21.6 Å². The first kappa shape index (κ1) is 17.3. The lowest BCUT2D eigenvalue weighted by atomic mass is 10.1. The third-order valence-corrected chi connectivity index (χ3v) is 3.84. The van der Waals surface area contributed by atoms with Crippen LogP contribution in [0.15, 0.2) is 48.5 Å². The summed E-state index contributed by atoms with van der Waals surface area (Å²) in [6.45, 7) is 0.354. The van der Waals surface area contributed by atoms with E-state index in [1.807, 2.05) is 0 Å². The number of rotatable bonds is 5. The molecule has 8 heteroatoms. The average molecular weight is 344 g/mol. The number of benzene rings is 2. The summed E-state index contributed by atoms with van der Waals surface area (Å²) < 4.78 is 59.3. The smallest absolute Gasteiger partial charge is 0.381 e. The number of sulfonamides is 1. The lowest BCUT2D eigenvalue weighted by Crippen LogP contribution is -2.14. The number of primary sulfonamides is 1. The molecule has 0 aromatic heterocycles. The number of alkyl halides is 3. The third-order valence-electron chi connectivity index (χ3n) is 3.10. The van der Waals surface area contributed by atoms with Crippen LogP contribution in [0.3, 0.4) is 0 Å². The summed E-state index contributed by atoms with van der Waals surface area (Å²) in [4.78, 5) is 0. The van der Waals surface area contributed by atoms with Crippen LogP contribution in [0, 0.1) is 0 Å². The highest BCUT2D eigenvalue weighted by molar-refractivity contribution is 7.88. The number of anilines is 1. The molecule has 0 radical (unpaired) electrons. The number of hydrogen-bond donors (Lipinski definition) is 2. The van der Waals surface area contributed by atoms with Gasteiger partial charge in [-0.3, -0.25) is 0 Å². The van der Waals surface area contributed by atoms with E-state index in [1.165, 1.54) is 12.1 Å². The van der Waals surface area contributed by atoms with E-state index in [2.05, 4.69) is 5.32 Å². The number of nitrogens with one attached hydrogen (secondary N) is 1. The maximum Gasteiger partial charge on any atom is 0.416 e. The first-order valence-electron chi connectivity index (χ1n) is 6.63. The van der Waals surface area contributed by atoms with Crippen molar-refractivity contribution in [1.29, 1.82) is 0 Å². The molecular weight excluding hydrogens is 329 g/mol. The van der Waals surface area contributed by atoms with Crippen molar-refractivity contribution in [2.24, 2.45) is 5.14 Å². The van der Waals surface area contributed by atoms with Crippen molar-refractivity contribution in [3.05, 3.63) is 65.2 Å². The Morgan fingerprint density at radius 3 is 1.91 bits per heavy atom. The monoisotopic (exact) mass is 344 g/mol. The molecule has 4 nitrogen and oxygen atoms in total. The fourth-order valence-electron chi connectivity index (χ4n) is 1.97. The van der Waals surface area contributed by atoms with Crippen molar-refractivity contribution in [3.63, 3.8) is 0 Å². The molecule has 0 saturated heterocycles. The van der Waals surface area contributed by atoms with Gasteiger partial charge in [0.15, 0.2) is 0 Å². The summed E-state index contributed by atoms with van der Waals surface area (Å²) in [7, 11) is -3.57. The highest BCUT2D eigenvalue weighted by Crippen LogP contribution is 2.29. The van der Waals surface area contributed by atoms with Crippen molar-refractivity contribution in [1.82, 2.24) is 0 Å². The van der Waals surface area contributed by atoms with E-state index >= 15 is 0 Å². The SMILES string of the molecule is NS(=O)(=O)Cc1ccc(NCc2ccc(C(F)(F)F)cc2)cc1. The molecule has 0 bridgehead atoms. The van der Waals surface area contributed by atoms with Crippen LogP contribution in [0.25, 0.3) is 0 Å². The van der Waals surface area contributed by atoms with Crippen LogP contribution in [0.1, 0.15) is 16.7 Å². The highest BCUT2D eigenvalue weighted by Gasteiger charge is 2.29. The molecule has 0 amide bonds. The van der Waals surface area contributed by atoms with Gasteiger partial charge in [0.05, 0.1) is 11.3 Å². The van der Waals surface area contributed by atoms with Gasteiger partial charge in [0.25, 0.3) is 0 Å². The largest absolute Gasteiger partial charge is 0.416 e. The van der Waals surface area contributed by atoms with Crippen LogP contribution in [-0.4, -0.2) is 8.42 Å². The zero-order valence-corrected chi connectivity index (χ0v) is 12.8. The lowest BCUT2D eigenvalue weighted by molar-refractivity contribution is -0.137. The summed E-state index contributed by atoms with van der Waals surface area (Å²) >= 11 is 0. The second kappa shape index (κ2) is 6.59. The molecule has 0 atom stereocenters. The van der Waals surface area contributed by atoms with Crippen molar-refractivity contribution in [2.45, 2.75) is 18.5 Å². The topological polar surface area (TPSA) is 72.2 Å². The minimum absolute atomic E-state index is 0.244. The Bertz CT molecular complexity index is 755. The number of nitrogens with two attached hydrogens (primary N) is 1. The molecule has 0 aliphatic heterocycles. The van der Waals surface area contributed by atoms with Gasteiger partial charge in [-0.25, -0.2) is 13.6 Å². The van der Waals surface area contributed by atoms with Crippen LogP contribution in [0.4, 0.5) is 18.9 Å². The Balaban J connectivity index is 1.96. The van der Waals surface area contributed by atoms with E-state index in [0.29, 0.717) is 17.7 Å². The van der Waals surface area contributed by atoms with Crippen LogP contribution in [0.2, 0.25) is 0 Å². The summed E-state index contributed by atoms with van der Waals surface area (Å²) in [5, 5.41) is 8.01. The zero-order valence-electron chi connectivity index (χ0n) is 12.0. The standard InChI is InChI=1S/C15H15F3N2O2S/c16-15(17,18)13-5-1-11(2-6-13)9-20-14-7-3-12(4-8-14)10-23(19,21)22/h1-8,20H,9-10H2,(H2,19,21,22). The molecule has 23 heavy (non-hydrogen) atoms. The summed E-state index contributed by atoms with van der Waals surface area (Å²) in [5.41, 5.74) is 1.30. The summed E-state index contributed by atoms with van der Waals surface area (Å²) in [6, 6.07) is 11.5. The normalized spacial score (nSPS) is 12.2. The maximum absolute atomic E-state index is 12.5. The predicted octanol–water partition coefficient (Wildman–Crippen LogP) is 3.11. The Morgan fingerprint density at radius 2 is 1.43 bits per heavy atom. The van der Waals surface area contributed by atoms with Gasteiger partial charge >= 0.3 is 6.18 Å². The molecule has 2 aromatic rings. The average Bonchev–Trinajstić information content (AvgIpc) is 2.44. The maximum atomic E-state index is 12.5. The predicted molar refractivity (Wildman–Crippen MR) is 82.0 cm³/mol. The van der Waals surface area contributed by atoms with E-state index in [9.17, 15) is 21.6 Å². The quantitative estimate of drug-likeness (QED) is 0.875. The van der Waals surface area contributed by atoms with Crippen LogP contribution in [-0.2, 0) is 28.5 Å². The minimum atomic E-state index is -4.34. The Hall–Kier alpha value is -2.06. The molecule has 2 rings (SSSR count). The van der Waals surface area contributed by atoms with E-state index in [0.717, 1.165) is 17.8 Å². The van der Waals surface area contributed by atoms with Gasteiger partial charge in [-0.05, 0) is 35.4 Å². The number of hydrogen-bond acceptors (Lipinski definition) is 3. The molecule has 2 aromatic carbocycles. The fourth-order valence-corrected chi connectivity index (χ4v) is 2.62. The van der Waals surface area contributed by atoms with Crippen LogP contribution >= 0.6 is 0 Å². The lowest BCUT2D eigenvalue weighted by Gasteiger charge is -2.10. The Kier molecular flexibility index (Phi) is 4.96. The molecule has 0 aliphatic rings. The van der Waals surface area contributed by atoms with Gasteiger partial charge in [-0.1, -0.05) is 24.3 Å². The number of halogens is 3. The van der Waals surface area contributed by atoms with Crippen molar-refractivity contribution in [2.75, 3.05) is 5.32 Å². The van der Waals surface area contributed by atoms with Crippen molar-refractivity contribution >= 4 is 15.7 Å². The highest BCUT2D eigenvalue weighted by atomic mass is 32.2. The third kappa shape index (κ3) is 5.57. The van der Waals surface area contributed by atoms with Gasteiger partial charge in [-0.2, -0.15) is 13.2 Å². The second-order valence-electron chi connectivity index (χ2n) is 5.05. The summed E-state index contributed by atoms with van der Waals surface area (Å²) in [6.07, 6.45) is -4.34. The van der Waals surface area contributed by atoms with Gasteiger partial charge < -0.3 is 5.32 Å². The molecular formula is C15H15F3N2O2S. The van der Waals surface area contributed by atoms with Crippen LogP contribution < -0.4 is 10.5 Å². The molecule has 124 valence electrons. The molecule has 0 fully saturated rings. The van der Waals surface area contributed by atoms with Gasteiger partial charge in [-0.15, -0.1) is 0 Å². The minimum Gasteiger partial charge on any atom is -0.381 e. The van der Waals surface area contributed by atoms with Gasteiger partial charge in [0, 0.05) is 12.2 Å². The molecule has 3 N–H and O–H groups in total. The van der Waals surface area contributed by atoms with Crippen molar-refractivity contribution in [3.8, 4) is 0 Å². The molecule has 0 aliphatic carbocycles. The van der Waals surface area contributed by atoms with E-state index < -0.39 is 21.8 Å². The molecule has 0 spiro atoms. The Labute approximate surface area is 132 Å². The Morgan fingerprint density at radius 1 is 0.913 bits per heavy atom. The van der Waals surface area contributed by atoms with Crippen LogP contribution in [0.5, 0.6) is 0 Å². The molecule has 0 saturated carbocycles. The van der Waals surface area contributed by atoms with Gasteiger partial charge in [0.2, 0.25) is 10.0 Å². The molecule has 0 unspecified atom stereocenters. The van der Waals surface area contributed by atoms with E-state index in [-0.39, 0.29) is 5.75 Å². The van der Waals surface area contributed by atoms with Gasteiger partial charge in [0.1, 0.15) is 0 Å². The fraction of sp³-hybridized carbons (Fsp3) is 0.200. The van der Waals surface area contributed by atoms with E-state index in [1.54, 1.807) is 24.3 Å².